The van der Waals surface area contributed by atoms with Crippen molar-refractivity contribution in [2.24, 2.45) is 10.4 Å². The second-order valence-electron chi connectivity index (χ2n) is 6.85. The third-order valence-electron chi connectivity index (χ3n) is 4.79. The first-order valence-electron chi connectivity index (χ1n) is 8.56. The van der Waals surface area contributed by atoms with E-state index in [-0.39, 0.29) is 5.41 Å². The number of hydrogen-bond donors (Lipinski definition) is 1. The molecule has 6 nitrogen and oxygen atoms in total. The van der Waals surface area contributed by atoms with Crippen LogP contribution in [0.15, 0.2) is 29.3 Å². The molecule has 1 aromatic rings. The monoisotopic (exact) mass is 332 g/mol. The van der Waals surface area contributed by atoms with Gasteiger partial charge in [0.2, 0.25) is 0 Å². The molecule has 6 heteroatoms. The van der Waals surface area contributed by atoms with Gasteiger partial charge in [0.1, 0.15) is 5.75 Å². The van der Waals surface area contributed by atoms with Gasteiger partial charge in [0, 0.05) is 45.2 Å². The summed E-state index contributed by atoms with van der Waals surface area (Å²) >= 11 is 0. The number of anilines is 1. The fourth-order valence-electron chi connectivity index (χ4n) is 3.23. The van der Waals surface area contributed by atoms with Gasteiger partial charge in [-0.3, -0.25) is 4.99 Å². The number of ether oxygens (including phenoxy) is 2. The van der Waals surface area contributed by atoms with Crippen molar-refractivity contribution in [3.8, 4) is 5.75 Å². The minimum atomic E-state index is 0.245. The average Bonchev–Trinajstić information content (AvgIpc) is 2.61. The van der Waals surface area contributed by atoms with Crippen molar-refractivity contribution in [1.82, 2.24) is 10.2 Å². The predicted octanol–water partition coefficient (Wildman–Crippen LogP) is 1.43. The average molecular weight is 332 g/mol. The second-order valence-corrected chi connectivity index (χ2v) is 6.85. The van der Waals surface area contributed by atoms with Crippen LogP contribution in [0.2, 0.25) is 0 Å². The Balaban J connectivity index is 1.55. The van der Waals surface area contributed by atoms with Crippen molar-refractivity contribution >= 4 is 11.6 Å². The number of para-hydroxylation sites is 2. The largest absolute Gasteiger partial charge is 0.495 e. The molecular weight excluding hydrogens is 304 g/mol. The Bertz CT molecular complexity index is 578. The zero-order chi connectivity index (χ0) is 17.0. The summed E-state index contributed by atoms with van der Waals surface area (Å²) in [6.07, 6.45) is 0. The molecule has 0 bridgehead atoms. The Hall–Kier alpha value is -1.95. The van der Waals surface area contributed by atoms with E-state index >= 15 is 0 Å². The summed E-state index contributed by atoms with van der Waals surface area (Å²) in [7, 11) is 3.58. The Labute approximate surface area is 144 Å². The lowest BCUT2D eigenvalue weighted by Crippen LogP contribution is -2.56. The molecule has 1 aromatic carbocycles. The van der Waals surface area contributed by atoms with Crippen LogP contribution in [-0.2, 0) is 4.74 Å². The maximum atomic E-state index is 5.49. The summed E-state index contributed by atoms with van der Waals surface area (Å²) in [5.41, 5.74) is 1.41. The van der Waals surface area contributed by atoms with E-state index in [0.29, 0.717) is 0 Å². The first-order chi connectivity index (χ1) is 11.6. The van der Waals surface area contributed by atoms with Crippen LogP contribution in [0.3, 0.4) is 0 Å². The normalized spacial score (nSPS) is 20.5. The van der Waals surface area contributed by atoms with Gasteiger partial charge in [-0.15, -0.1) is 0 Å². The summed E-state index contributed by atoms with van der Waals surface area (Å²) in [4.78, 5) is 9.16. The molecule has 2 saturated heterocycles. The lowest BCUT2D eigenvalue weighted by molar-refractivity contribution is -0.0972. The third-order valence-corrected chi connectivity index (χ3v) is 4.79. The Kier molecular flexibility index (Phi) is 5.14. The fourth-order valence-corrected chi connectivity index (χ4v) is 3.23. The number of aliphatic imine (C=N–C) groups is 1. The van der Waals surface area contributed by atoms with Crippen LogP contribution in [0.4, 0.5) is 5.69 Å². The Morgan fingerprint density at radius 3 is 2.54 bits per heavy atom. The van der Waals surface area contributed by atoms with Crippen molar-refractivity contribution in [2.45, 2.75) is 6.92 Å². The van der Waals surface area contributed by atoms with Crippen molar-refractivity contribution in [3.63, 3.8) is 0 Å². The van der Waals surface area contributed by atoms with Gasteiger partial charge in [-0.1, -0.05) is 19.1 Å². The number of hydrogen-bond acceptors (Lipinski definition) is 4. The van der Waals surface area contributed by atoms with Crippen molar-refractivity contribution in [2.75, 3.05) is 65.0 Å². The van der Waals surface area contributed by atoms with E-state index < -0.39 is 0 Å². The molecule has 2 aliphatic rings. The van der Waals surface area contributed by atoms with Crippen LogP contribution < -0.4 is 15.0 Å². The number of guanidine groups is 1. The SMILES string of the molecule is CN=C(NCC1(C)COC1)N1CCN(c2ccccc2OC)CC1. The minimum absolute atomic E-state index is 0.245. The number of piperazine rings is 1. The van der Waals surface area contributed by atoms with Gasteiger partial charge in [-0.2, -0.15) is 0 Å². The van der Waals surface area contributed by atoms with Crippen molar-refractivity contribution in [1.29, 1.82) is 0 Å². The molecule has 24 heavy (non-hydrogen) atoms. The molecule has 2 aliphatic heterocycles. The number of rotatable bonds is 4. The standard InChI is InChI=1S/C18H28N4O2/c1-18(13-24-14-18)12-20-17(19-2)22-10-8-21(9-11-22)15-6-4-5-7-16(15)23-3/h4-7H,8-14H2,1-3H3,(H,19,20). The highest BCUT2D eigenvalue weighted by molar-refractivity contribution is 5.80. The highest BCUT2D eigenvalue weighted by atomic mass is 16.5. The molecule has 2 heterocycles. The minimum Gasteiger partial charge on any atom is -0.495 e. The Morgan fingerprint density at radius 1 is 1.25 bits per heavy atom. The van der Waals surface area contributed by atoms with Crippen LogP contribution >= 0.6 is 0 Å². The molecule has 0 unspecified atom stereocenters. The smallest absolute Gasteiger partial charge is 0.193 e. The lowest BCUT2D eigenvalue weighted by atomic mass is 9.89. The molecule has 0 amide bonds. The molecule has 132 valence electrons. The van der Waals surface area contributed by atoms with Crippen LogP contribution in [0.1, 0.15) is 6.92 Å². The predicted molar refractivity (Wildman–Crippen MR) is 97.1 cm³/mol. The summed E-state index contributed by atoms with van der Waals surface area (Å²) in [5.74, 6) is 1.93. The zero-order valence-electron chi connectivity index (χ0n) is 14.9. The number of methoxy groups -OCH3 is 1. The van der Waals surface area contributed by atoms with Gasteiger partial charge >= 0.3 is 0 Å². The molecule has 0 aromatic heterocycles. The lowest BCUT2D eigenvalue weighted by Gasteiger charge is -2.41. The number of nitrogens with zero attached hydrogens (tertiary/aromatic N) is 3. The van der Waals surface area contributed by atoms with Gasteiger partial charge in [-0.05, 0) is 12.1 Å². The maximum Gasteiger partial charge on any atom is 0.193 e. The summed E-state index contributed by atoms with van der Waals surface area (Å²) < 4.78 is 10.8. The topological polar surface area (TPSA) is 49.3 Å². The van der Waals surface area contributed by atoms with Crippen LogP contribution in [-0.4, -0.2) is 71.0 Å². The molecule has 0 radical (unpaired) electrons. The summed E-state index contributed by atoms with van der Waals surface area (Å²) in [6.45, 7) is 8.64. The first kappa shape index (κ1) is 16.9. The van der Waals surface area contributed by atoms with E-state index in [9.17, 15) is 0 Å². The molecule has 0 saturated carbocycles. The van der Waals surface area contributed by atoms with Crippen molar-refractivity contribution in [3.05, 3.63) is 24.3 Å². The first-order valence-corrected chi connectivity index (χ1v) is 8.56. The van der Waals surface area contributed by atoms with E-state index in [1.165, 1.54) is 5.69 Å². The number of nitrogens with one attached hydrogen (secondary N) is 1. The molecule has 2 fully saturated rings. The van der Waals surface area contributed by atoms with E-state index in [2.05, 4.69) is 39.2 Å². The van der Waals surface area contributed by atoms with Crippen LogP contribution in [0.5, 0.6) is 5.75 Å². The molecule has 1 N–H and O–H groups in total. The second kappa shape index (κ2) is 7.30. The summed E-state index contributed by atoms with van der Waals surface area (Å²) in [6, 6.07) is 8.21. The molecule has 0 spiro atoms. The Morgan fingerprint density at radius 2 is 1.96 bits per heavy atom. The fraction of sp³-hybridized carbons (Fsp3) is 0.611. The summed E-state index contributed by atoms with van der Waals surface area (Å²) in [5, 5.41) is 3.51. The molecule has 3 rings (SSSR count). The quantitative estimate of drug-likeness (QED) is 0.668. The molecule has 0 aliphatic carbocycles. The van der Waals surface area contributed by atoms with Gasteiger partial charge in [0.05, 0.1) is 26.0 Å². The maximum absolute atomic E-state index is 5.49. The van der Waals surface area contributed by atoms with Gasteiger partial charge in [0.15, 0.2) is 5.96 Å². The van der Waals surface area contributed by atoms with E-state index in [1.807, 2.05) is 19.2 Å². The highest BCUT2D eigenvalue weighted by Crippen LogP contribution is 2.28. The van der Waals surface area contributed by atoms with Gasteiger partial charge in [-0.25, -0.2) is 0 Å². The van der Waals surface area contributed by atoms with E-state index in [0.717, 1.165) is 57.6 Å². The zero-order valence-corrected chi connectivity index (χ0v) is 14.9. The van der Waals surface area contributed by atoms with Crippen molar-refractivity contribution < 1.29 is 9.47 Å². The van der Waals surface area contributed by atoms with Gasteiger partial charge < -0.3 is 24.6 Å². The molecule has 0 atom stereocenters. The van der Waals surface area contributed by atoms with Gasteiger partial charge in [0.25, 0.3) is 0 Å². The molecular formula is C18H28N4O2. The van der Waals surface area contributed by atoms with E-state index in [4.69, 9.17) is 9.47 Å². The van der Waals surface area contributed by atoms with Crippen LogP contribution in [0.25, 0.3) is 0 Å². The highest BCUT2D eigenvalue weighted by Gasteiger charge is 2.34. The number of benzene rings is 1. The van der Waals surface area contributed by atoms with Crippen LogP contribution in [0, 0.1) is 5.41 Å². The third kappa shape index (κ3) is 3.59. The van der Waals surface area contributed by atoms with E-state index in [1.54, 1.807) is 7.11 Å².